The predicted molar refractivity (Wildman–Crippen MR) is 139 cm³/mol. The van der Waals surface area contributed by atoms with E-state index in [-0.39, 0.29) is 5.41 Å². The standard InChI is InChI=1S/C22H27N5OS.C3H6O2/c1-22(2,3)11-28-17-9-15(24)13(10-23)8-16(17)27-20-19-14-6-4-5-7-18(14)29-21(19)26-12-25-20;1-2-5-3-4/h8-10,12,23H,4-7,11,24H2,1-3H3,(H,25,26,27);3H,2H2,1H3. The van der Waals surface area contributed by atoms with E-state index < -0.39 is 0 Å². The summed E-state index contributed by atoms with van der Waals surface area (Å²) in [6, 6.07) is 3.64. The molecule has 0 radical (unpaired) electrons. The van der Waals surface area contributed by atoms with Gasteiger partial charge in [0.1, 0.15) is 22.7 Å². The Morgan fingerprint density at radius 1 is 1.24 bits per heavy atom. The molecule has 182 valence electrons. The summed E-state index contributed by atoms with van der Waals surface area (Å²) >= 11 is 1.77. The predicted octanol–water partition coefficient (Wildman–Crippen LogP) is 5.50. The molecule has 4 N–H and O–H groups in total. The van der Waals surface area contributed by atoms with Crippen molar-refractivity contribution < 1.29 is 14.3 Å². The first-order valence-corrected chi connectivity index (χ1v) is 12.2. The highest BCUT2D eigenvalue weighted by Crippen LogP contribution is 2.40. The summed E-state index contributed by atoms with van der Waals surface area (Å²) in [5, 5.41) is 12.2. The van der Waals surface area contributed by atoms with Gasteiger partial charge in [-0.2, -0.15) is 0 Å². The van der Waals surface area contributed by atoms with E-state index in [2.05, 4.69) is 40.8 Å². The number of nitrogen functional groups attached to an aromatic ring is 1. The van der Waals surface area contributed by atoms with Crippen LogP contribution < -0.4 is 15.8 Å². The van der Waals surface area contributed by atoms with Crippen molar-refractivity contribution in [3.05, 3.63) is 34.5 Å². The average Bonchev–Trinajstić information content (AvgIpc) is 3.19. The van der Waals surface area contributed by atoms with Gasteiger partial charge in [0.25, 0.3) is 6.47 Å². The molecular weight excluding hydrogens is 450 g/mol. The summed E-state index contributed by atoms with van der Waals surface area (Å²) in [4.78, 5) is 20.7. The molecule has 0 unspecified atom stereocenters. The molecular formula is C25H33N5O3S. The lowest BCUT2D eigenvalue weighted by Crippen LogP contribution is -2.17. The van der Waals surface area contributed by atoms with Gasteiger partial charge in [-0.25, -0.2) is 9.97 Å². The van der Waals surface area contributed by atoms with Crippen molar-refractivity contribution in [2.45, 2.75) is 53.4 Å². The SMILES string of the molecule is CC(C)(C)COc1cc(N)c(C=N)cc1Nc1ncnc2sc3c(c12)CCCC3.CCOC=O. The molecule has 1 aliphatic carbocycles. The van der Waals surface area contributed by atoms with Crippen LogP contribution in [0.4, 0.5) is 17.2 Å². The van der Waals surface area contributed by atoms with Gasteiger partial charge in [0.2, 0.25) is 0 Å². The Labute approximate surface area is 204 Å². The number of nitrogens with one attached hydrogen (secondary N) is 2. The number of ether oxygens (including phenoxy) is 2. The number of benzene rings is 1. The number of rotatable bonds is 7. The maximum absolute atomic E-state index is 9.18. The van der Waals surface area contributed by atoms with Gasteiger partial charge >= 0.3 is 0 Å². The lowest BCUT2D eigenvalue weighted by Gasteiger charge is -2.21. The van der Waals surface area contributed by atoms with Crippen molar-refractivity contribution in [1.82, 2.24) is 9.97 Å². The third kappa shape index (κ3) is 6.22. The van der Waals surface area contributed by atoms with Gasteiger partial charge in [-0.05, 0) is 49.7 Å². The quantitative estimate of drug-likeness (QED) is 0.230. The van der Waals surface area contributed by atoms with Crippen LogP contribution in [0.15, 0.2) is 18.5 Å². The Kier molecular flexibility index (Phi) is 8.44. The molecule has 0 fully saturated rings. The molecule has 0 spiro atoms. The van der Waals surface area contributed by atoms with Crippen LogP contribution in [-0.2, 0) is 22.4 Å². The first-order valence-electron chi connectivity index (χ1n) is 11.4. The van der Waals surface area contributed by atoms with E-state index in [1.165, 1.54) is 29.5 Å². The monoisotopic (exact) mass is 483 g/mol. The van der Waals surface area contributed by atoms with Gasteiger partial charge < -0.3 is 25.9 Å². The Hall–Kier alpha value is -3.20. The molecule has 2 heterocycles. The summed E-state index contributed by atoms with van der Waals surface area (Å²) in [6.45, 7) is 9.60. The maximum Gasteiger partial charge on any atom is 0.293 e. The highest BCUT2D eigenvalue weighted by Gasteiger charge is 2.21. The Balaban J connectivity index is 0.000000588. The molecule has 9 heteroatoms. The van der Waals surface area contributed by atoms with Crippen molar-refractivity contribution >= 4 is 51.4 Å². The van der Waals surface area contributed by atoms with Crippen LogP contribution in [0.3, 0.4) is 0 Å². The summed E-state index contributed by atoms with van der Waals surface area (Å²) < 4.78 is 10.3. The molecule has 0 bridgehead atoms. The largest absolute Gasteiger partial charge is 0.491 e. The van der Waals surface area contributed by atoms with Crippen LogP contribution in [0.1, 0.15) is 56.5 Å². The lowest BCUT2D eigenvalue weighted by atomic mass is 9.97. The minimum absolute atomic E-state index is 0.0147. The van der Waals surface area contributed by atoms with Gasteiger partial charge in [-0.3, -0.25) is 4.79 Å². The number of carbonyl (C=O) groups excluding carboxylic acids is 1. The Bertz CT molecular complexity index is 1150. The van der Waals surface area contributed by atoms with E-state index in [1.807, 2.05) is 6.07 Å². The second-order valence-corrected chi connectivity index (χ2v) is 10.3. The van der Waals surface area contributed by atoms with Gasteiger partial charge in [0, 0.05) is 28.4 Å². The zero-order chi connectivity index (χ0) is 24.7. The summed E-state index contributed by atoms with van der Waals surface area (Å²) in [5.41, 5.74) is 9.44. The van der Waals surface area contributed by atoms with E-state index in [0.29, 0.717) is 36.7 Å². The zero-order valence-electron chi connectivity index (χ0n) is 20.2. The van der Waals surface area contributed by atoms with Crippen LogP contribution in [0.5, 0.6) is 5.75 Å². The molecule has 3 aromatic rings. The second kappa shape index (κ2) is 11.3. The van der Waals surface area contributed by atoms with Gasteiger partial charge in [-0.1, -0.05) is 20.8 Å². The van der Waals surface area contributed by atoms with Gasteiger partial charge in [-0.15, -0.1) is 11.3 Å². The smallest absolute Gasteiger partial charge is 0.293 e. The Morgan fingerprint density at radius 2 is 2.00 bits per heavy atom. The number of thiophene rings is 1. The third-order valence-corrected chi connectivity index (χ3v) is 6.44. The van der Waals surface area contributed by atoms with E-state index in [1.54, 1.807) is 30.7 Å². The maximum atomic E-state index is 9.18. The molecule has 0 saturated carbocycles. The number of hydrogen-bond donors (Lipinski definition) is 3. The minimum Gasteiger partial charge on any atom is -0.491 e. The fourth-order valence-electron chi connectivity index (χ4n) is 3.63. The first kappa shape index (κ1) is 25.4. The van der Waals surface area contributed by atoms with E-state index >= 15 is 0 Å². The summed E-state index contributed by atoms with van der Waals surface area (Å²) in [6.07, 6.45) is 7.50. The Morgan fingerprint density at radius 3 is 2.65 bits per heavy atom. The van der Waals surface area contributed by atoms with Crippen molar-refractivity contribution in [2.24, 2.45) is 5.41 Å². The number of aryl methyl sites for hydroxylation is 2. The van der Waals surface area contributed by atoms with Crippen molar-refractivity contribution in [1.29, 1.82) is 5.41 Å². The van der Waals surface area contributed by atoms with Crippen LogP contribution >= 0.6 is 11.3 Å². The second-order valence-electron chi connectivity index (χ2n) is 9.26. The zero-order valence-corrected chi connectivity index (χ0v) is 21.1. The van der Waals surface area contributed by atoms with Crippen molar-refractivity contribution in [2.75, 3.05) is 24.3 Å². The van der Waals surface area contributed by atoms with Crippen LogP contribution in [0.25, 0.3) is 10.2 Å². The van der Waals surface area contributed by atoms with Crippen molar-refractivity contribution in [3.8, 4) is 5.75 Å². The average molecular weight is 484 g/mol. The molecule has 0 saturated heterocycles. The fourth-order valence-corrected chi connectivity index (χ4v) is 4.86. The first-order chi connectivity index (χ1) is 16.3. The molecule has 1 aromatic carbocycles. The fraction of sp³-hybridized carbons (Fsp3) is 0.440. The van der Waals surface area contributed by atoms with E-state index in [0.717, 1.165) is 34.6 Å². The molecule has 1 aliphatic rings. The van der Waals surface area contributed by atoms with Crippen LogP contribution in [0.2, 0.25) is 0 Å². The topological polar surface area (TPSA) is 123 Å². The van der Waals surface area contributed by atoms with Crippen molar-refractivity contribution in [3.63, 3.8) is 0 Å². The summed E-state index contributed by atoms with van der Waals surface area (Å²) in [5.74, 6) is 1.45. The van der Waals surface area contributed by atoms with Crippen LogP contribution in [-0.4, -0.2) is 35.9 Å². The number of carbonyl (C=O) groups is 1. The molecule has 34 heavy (non-hydrogen) atoms. The highest BCUT2D eigenvalue weighted by atomic mass is 32.1. The lowest BCUT2D eigenvalue weighted by molar-refractivity contribution is -0.128. The molecule has 2 aromatic heterocycles. The number of aromatic nitrogens is 2. The normalized spacial score (nSPS) is 12.8. The number of anilines is 3. The molecule has 0 aliphatic heterocycles. The molecule has 8 nitrogen and oxygen atoms in total. The number of hydrogen-bond acceptors (Lipinski definition) is 9. The molecule has 0 amide bonds. The number of nitrogens with two attached hydrogens (primary N) is 1. The van der Waals surface area contributed by atoms with Gasteiger partial charge in [0.05, 0.1) is 24.3 Å². The third-order valence-electron chi connectivity index (χ3n) is 5.24. The van der Waals surface area contributed by atoms with Gasteiger partial charge in [0.15, 0.2) is 0 Å². The van der Waals surface area contributed by atoms with E-state index in [9.17, 15) is 4.79 Å². The van der Waals surface area contributed by atoms with Crippen LogP contribution in [0, 0.1) is 10.8 Å². The van der Waals surface area contributed by atoms with E-state index in [4.69, 9.17) is 15.9 Å². The molecule has 4 rings (SSSR count). The molecule has 0 atom stereocenters. The number of fused-ring (bicyclic) bond motifs is 3. The minimum atomic E-state index is 0.0147. The summed E-state index contributed by atoms with van der Waals surface area (Å²) in [7, 11) is 0. The highest BCUT2D eigenvalue weighted by molar-refractivity contribution is 7.19. The number of nitrogens with zero attached hydrogens (tertiary/aromatic N) is 2.